The molecule has 19 heavy (non-hydrogen) atoms. The van der Waals surface area contributed by atoms with Crippen molar-refractivity contribution in [3.63, 3.8) is 0 Å². The number of rotatable bonds is 5. The lowest BCUT2D eigenvalue weighted by Gasteiger charge is -2.04. The maximum absolute atomic E-state index is 11.7. The summed E-state index contributed by atoms with van der Waals surface area (Å²) in [6.07, 6.45) is 0.716. The predicted molar refractivity (Wildman–Crippen MR) is 67.6 cm³/mol. The highest BCUT2D eigenvalue weighted by Gasteiger charge is 2.24. The first-order valence-electron chi connectivity index (χ1n) is 4.48. The molecule has 0 N–H and O–H groups in total. The minimum atomic E-state index is -4.10. The van der Waals surface area contributed by atoms with Gasteiger partial charge >= 0.3 is 0 Å². The van der Waals surface area contributed by atoms with Crippen LogP contribution >= 0.6 is 22.3 Å². The van der Waals surface area contributed by atoms with Gasteiger partial charge in [0.25, 0.3) is 5.69 Å². The predicted octanol–water partition coefficient (Wildman–Crippen LogP) is 0.986. The zero-order valence-electron chi connectivity index (χ0n) is 8.99. The molecule has 0 radical (unpaired) electrons. The van der Waals surface area contributed by atoms with Crippen LogP contribution in [0.25, 0.3) is 0 Å². The molecule has 1 aromatic heterocycles. The SMILES string of the molecule is O=[N+]([O-])c1cnc(S(=O)(=O)CCS(=O)(=O)Cl)c(Cl)c1. The fraction of sp³-hybridized carbons (Fsp3) is 0.286. The molecule has 0 spiro atoms. The Kier molecular flexibility index (Phi) is 4.72. The number of aromatic nitrogens is 1. The highest BCUT2D eigenvalue weighted by Crippen LogP contribution is 2.24. The third kappa shape index (κ3) is 4.56. The molecule has 0 amide bonds. The number of hydrogen-bond acceptors (Lipinski definition) is 7. The molecule has 0 aromatic carbocycles. The molecule has 8 nitrogen and oxygen atoms in total. The van der Waals surface area contributed by atoms with Gasteiger partial charge in [-0.05, 0) is 0 Å². The Morgan fingerprint density at radius 3 is 2.26 bits per heavy atom. The van der Waals surface area contributed by atoms with Gasteiger partial charge in [0.2, 0.25) is 9.05 Å². The lowest BCUT2D eigenvalue weighted by molar-refractivity contribution is -0.385. The summed E-state index contributed by atoms with van der Waals surface area (Å²) in [5.74, 6) is -1.63. The standard InChI is InChI=1S/C7H6Cl2N2O6S2/c8-6-3-5(11(12)13)4-10-7(6)18(14,15)1-2-19(9,16)17/h3-4H,1-2H2. The summed E-state index contributed by atoms with van der Waals surface area (Å²) < 4.78 is 44.9. The van der Waals surface area contributed by atoms with Crippen molar-refractivity contribution in [1.29, 1.82) is 0 Å². The fourth-order valence-electron chi connectivity index (χ4n) is 1.05. The van der Waals surface area contributed by atoms with Crippen LogP contribution in [0.2, 0.25) is 5.02 Å². The van der Waals surface area contributed by atoms with E-state index in [9.17, 15) is 26.9 Å². The lowest BCUT2D eigenvalue weighted by atomic mass is 10.4. The summed E-state index contributed by atoms with van der Waals surface area (Å²) in [4.78, 5) is 13.0. The highest BCUT2D eigenvalue weighted by atomic mass is 35.7. The Morgan fingerprint density at radius 2 is 1.84 bits per heavy atom. The van der Waals surface area contributed by atoms with Gasteiger partial charge in [0, 0.05) is 16.7 Å². The molecular formula is C7H6Cl2N2O6S2. The Hall–Kier alpha value is -0.970. The van der Waals surface area contributed by atoms with Crippen LogP contribution in [0.5, 0.6) is 0 Å². The molecule has 0 aliphatic carbocycles. The number of halogens is 2. The van der Waals surface area contributed by atoms with E-state index in [1.54, 1.807) is 0 Å². The Labute approximate surface area is 117 Å². The number of nitrogens with zero attached hydrogens (tertiary/aromatic N) is 2. The Morgan fingerprint density at radius 1 is 1.26 bits per heavy atom. The second-order valence-corrected chi connectivity index (χ2v) is 8.63. The van der Waals surface area contributed by atoms with Crippen LogP contribution in [0.4, 0.5) is 5.69 Å². The van der Waals surface area contributed by atoms with Crippen LogP contribution in [0, 0.1) is 10.1 Å². The van der Waals surface area contributed by atoms with Gasteiger partial charge in [0.1, 0.15) is 6.20 Å². The van der Waals surface area contributed by atoms with Gasteiger partial charge in [-0.15, -0.1) is 0 Å². The third-order valence-electron chi connectivity index (χ3n) is 1.89. The van der Waals surface area contributed by atoms with Gasteiger partial charge in [-0.3, -0.25) is 10.1 Å². The van der Waals surface area contributed by atoms with E-state index in [0.717, 1.165) is 6.07 Å². The zero-order chi connectivity index (χ0) is 14.8. The van der Waals surface area contributed by atoms with E-state index in [1.165, 1.54) is 0 Å². The van der Waals surface area contributed by atoms with Gasteiger partial charge in [-0.2, -0.15) is 0 Å². The minimum Gasteiger partial charge on any atom is -0.258 e. The minimum absolute atomic E-state index is 0.457. The van der Waals surface area contributed by atoms with E-state index >= 15 is 0 Å². The second kappa shape index (κ2) is 5.57. The summed E-state index contributed by atoms with van der Waals surface area (Å²) in [5, 5.41) is 9.35. The average Bonchev–Trinajstić information content (AvgIpc) is 2.25. The first-order chi connectivity index (χ1) is 8.53. The summed E-state index contributed by atoms with van der Waals surface area (Å²) in [6.45, 7) is 0. The molecule has 106 valence electrons. The topological polar surface area (TPSA) is 124 Å². The molecule has 0 bridgehead atoms. The van der Waals surface area contributed by atoms with Crippen LogP contribution < -0.4 is 0 Å². The first-order valence-corrected chi connectivity index (χ1v) is 8.99. The fourth-order valence-corrected chi connectivity index (χ4v) is 4.57. The summed E-state index contributed by atoms with van der Waals surface area (Å²) in [5.41, 5.74) is -0.478. The maximum Gasteiger partial charge on any atom is 0.289 e. The normalized spacial score (nSPS) is 12.3. The van der Waals surface area contributed by atoms with E-state index in [4.69, 9.17) is 22.3 Å². The first kappa shape index (κ1) is 16.1. The van der Waals surface area contributed by atoms with Crippen LogP contribution in [0.15, 0.2) is 17.3 Å². The second-order valence-electron chi connectivity index (χ2n) is 3.30. The van der Waals surface area contributed by atoms with Crippen molar-refractivity contribution < 1.29 is 21.8 Å². The van der Waals surface area contributed by atoms with Crippen molar-refractivity contribution >= 4 is 46.9 Å². The quantitative estimate of drug-likeness (QED) is 0.441. The van der Waals surface area contributed by atoms with Crippen LogP contribution in [-0.2, 0) is 18.9 Å². The Balaban J connectivity index is 3.12. The molecule has 1 heterocycles. The van der Waals surface area contributed by atoms with E-state index in [2.05, 4.69) is 4.98 Å². The molecule has 0 saturated carbocycles. The van der Waals surface area contributed by atoms with Gasteiger partial charge in [0.05, 0.1) is 21.5 Å². The molecule has 0 aliphatic rings. The molecule has 0 fully saturated rings. The van der Waals surface area contributed by atoms with E-state index in [0.29, 0.717) is 6.20 Å². The van der Waals surface area contributed by atoms with Crippen molar-refractivity contribution in [2.75, 3.05) is 11.5 Å². The van der Waals surface area contributed by atoms with Gasteiger partial charge in [-0.1, -0.05) is 11.6 Å². The monoisotopic (exact) mass is 348 g/mol. The Bertz CT molecular complexity index is 715. The number of pyridine rings is 1. The molecule has 1 aromatic rings. The number of hydrogen-bond donors (Lipinski definition) is 0. The molecule has 1 rings (SSSR count). The lowest BCUT2D eigenvalue weighted by Crippen LogP contribution is -2.16. The van der Waals surface area contributed by atoms with Gasteiger partial charge in [-0.25, -0.2) is 21.8 Å². The van der Waals surface area contributed by atoms with Crippen molar-refractivity contribution in [2.45, 2.75) is 5.03 Å². The van der Waals surface area contributed by atoms with E-state index < -0.39 is 51.1 Å². The highest BCUT2D eigenvalue weighted by molar-refractivity contribution is 8.14. The summed E-state index contributed by atoms with van der Waals surface area (Å²) in [7, 11) is -3.18. The molecule has 0 aliphatic heterocycles. The van der Waals surface area contributed by atoms with Gasteiger partial charge in [0.15, 0.2) is 14.9 Å². The van der Waals surface area contributed by atoms with Crippen molar-refractivity contribution in [3.8, 4) is 0 Å². The average molecular weight is 349 g/mol. The van der Waals surface area contributed by atoms with Crippen molar-refractivity contribution in [3.05, 3.63) is 27.4 Å². The van der Waals surface area contributed by atoms with Crippen LogP contribution in [-0.4, -0.2) is 38.2 Å². The maximum atomic E-state index is 11.7. The number of nitro groups is 1. The smallest absolute Gasteiger partial charge is 0.258 e. The molecule has 0 unspecified atom stereocenters. The molecule has 0 saturated heterocycles. The van der Waals surface area contributed by atoms with Crippen molar-refractivity contribution in [2.24, 2.45) is 0 Å². The van der Waals surface area contributed by atoms with E-state index in [1.807, 2.05) is 0 Å². The van der Waals surface area contributed by atoms with E-state index in [-0.39, 0.29) is 0 Å². The van der Waals surface area contributed by atoms with Crippen LogP contribution in [0.1, 0.15) is 0 Å². The molecule has 0 atom stereocenters. The van der Waals surface area contributed by atoms with Gasteiger partial charge < -0.3 is 0 Å². The third-order valence-corrected chi connectivity index (χ3v) is 5.36. The zero-order valence-corrected chi connectivity index (χ0v) is 12.1. The van der Waals surface area contributed by atoms with Crippen molar-refractivity contribution in [1.82, 2.24) is 4.98 Å². The molecule has 12 heteroatoms. The summed E-state index contributed by atoms with van der Waals surface area (Å²) in [6, 6.07) is 0.816. The molecular weight excluding hydrogens is 343 g/mol. The van der Waals surface area contributed by atoms with Crippen LogP contribution in [0.3, 0.4) is 0 Å². The largest absolute Gasteiger partial charge is 0.289 e. The number of sulfone groups is 1. The summed E-state index contributed by atoms with van der Waals surface area (Å²) >= 11 is 5.58.